The SMILES string of the molecule is COc1ccc(CNC(=O)c2ccc(-n3nc(C)cc3C)cc2)c(OC)c1. The van der Waals surface area contributed by atoms with Crippen molar-refractivity contribution in [2.75, 3.05) is 14.2 Å². The van der Waals surface area contributed by atoms with E-state index in [4.69, 9.17) is 9.47 Å². The highest BCUT2D eigenvalue weighted by atomic mass is 16.5. The standard InChI is InChI=1S/C21H23N3O3/c1-14-11-15(2)24(23-14)18-8-5-16(6-9-18)21(25)22-13-17-7-10-19(26-3)12-20(17)27-4/h5-12H,13H2,1-4H3,(H,22,25). The Morgan fingerprint density at radius 3 is 2.37 bits per heavy atom. The zero-order valence-corrected chi connectivity index (χ0v) is 15.9. The fourth-order valence-corrected chi connectivity index (χ4v) is 2.92. The van der Waals surface area contributed by atoms with E-state index in [1.807, 2.05) is 48.9 Å². The summed E-state index contributed by atoms with van der Waals surface area (Å²) in [4.78, 5) is 12.5. The van der Waals surface area contributed by atoms with Crippen molar-refractivity contribution in [3.05, 3.63) is 71.0 Å². The van der Waals surface area contributed by atoms with E-state index in [2.05, 4.69) is 10.4 Å². The Hall–Kier alpha value is -3.28. The lowest BCUT2D eigenvalue weighted by Gasteiger charge is -2.12. The molecular formula is C21H23N3O3. The second kappa shape index (κ2) is 7.95. The molecule has 0 radical (unpaired) electrons. The molecule has 27 heavy (non-hydrogen) atoms. The van der Waals surface area contributed by atoms with Crippen molar-refractivity contribution in [3.8, 4) is 17.2 Å². The summed E-state index contributed by atoms with van der Waals surface area (Å²) in [5, 5.41) is 7.38. The smallest absolute Gasteiger partial charge is 0.251 e. The van der Waals surface area contributed by atoms with Gasteiger partial charge in [0.05, 0.1) is 25.6 Å². The summed E-state index contributed by atoms with van der Waals surface area (Å²) in [7, 11) is 3.20. The van der Waals surface area contributed by atoms with Gasteiger partial charge in [0.15, 0.2) is 0 Å². The number of rotatable bonds is 6. The van der Waals surface area contributed by atoms with Gasteiger partial charge in [-0.15, -0.1) is 0 Å². The highest BCUT2D eigenvalue weighted by Crippen LogP contribution is 2.24. The van der Waals surface area contributed by atoms with Gasteiger partial charge in [-0.05, 0) is 56.3 Å². The second-order valence-corrected chi connectivity index (χ2v) is 6.25. The van der Waals surface area contributed by atoms with Crippen LogP contribution in [0.5, 0.6) is 11.5 Å². The number of aromatic nitrogens is 2. The lowest BCUT2D eigenvalue weighted by molar-refractivity contribution is 0.0950. The van der Waals surface area contributed by atoms with Gasteiger partial charge in [0.25, 0.3) is 5.91 Å². The number of carbonyl (C=O) groups excluding carboxylic acids is 1. The van der Waals surface area contributed by atoms with E-state index in [0.29, 0.717) is 23.6 Å². The molecule has 0 aliphatic carbocycles. The number of benzene rings is 2. The number of aryl methyl sites for hydroxylation is 2. The average Bonchev–Trinajstić information content (AvgIpc) is 3.04. The zero-order chi connectivity index (χ0) is 19.4. The molecule has 0 saturated heterocycles. The number of ether oxygens (including phenoxy) is 2. The molecule has 140 valence electrons. The zero-order valence-electron chi connectivity index (χ0n) is 15.9. The Morgan fingerprint density at radius 2 is 1.78 bits per heavy atom. The fraction of sp³-hybridized carbons (Fsp3) is 0.238. The number of hydrogen-bond acceptors (Lipinski definition) is 4. The molecule has 3 rings (SSSR count). The van der Waals surface area contributed by atoms with Crippen molar-refractivity contribution in [2.24, 2.45) is 0 Å². The molecule has 1 N–H and O–H groups in total. The molecule has 6 heteroatoms. The number of carbonyl (C=O) groups is 1. The van der Waals surface area contributed by atoms with Gasteiger partial charge in [0.2, 0.25) is 0 Å². The normalized spacial score (nSPS) is 10.5. The van der Waals surface area contributed by atoms with E-state index in [0.717, 1.165) is 22.6 Å². The van der Waals surface area contributed by atoms with E-state index in [9.17, 15) is 4.79 Å². The Bertz CT molecular complexity index is 946. The van der Waals surface area contributed by atoms with Gasteiger partial charge in [-0.25, -0.2) is 4.68 Å². The topological polar surface area (TPSA) is 65.4 Å². The number of hydrogen-bond donors (Lipinski definition) is 1. The van der Waals surface area contributed by atoms with Gasteiger partial charge in [-0.3, -0.25) is 4.79 Å². The summed E-state index contributed by atoms with van der Waals surface area (Å²) in [5.41, 5.74) is 4.41. The van der Waals surface area contributed by atoms with Crippen LogP contribution in [0.15, 0.2) is 48.5 Å². The van der Waals surface area contributed by atoms with Crippen molar-refractivity contribution >= 4 is 5.91 Å². The monoisotopic (exact) mass is 365 g/mol. The molecular weight excluding hydrogens is 342 g/mol. The van der Waals surface area contributed by atoms with Crippen LogP contribution in [-0.4, -0.2) is 29.9 Å². The van der Waals surface area contributed by atoms with E-state index < -0.39 is 0 Å². The van der Waals surface area contributed by atoms with Crippen LogP contribution in [0.2, 0.25) is 0 Å². The van der Waals surface area contributed by atoms with Crippen LogP contribution in [0.25, 0.3) is 5.69 Å². The minimum absolute atomic E-state index is 0.146. The van der Waals surface area contributed by atoms with Crippen LogP contribution < -0.4 is 14.8 Å². The number of nitrogens with one attached hydrogen (secondary N) is 1. The van der Waals surface area contributed by atoms with Gasteiger partial charge < -0.3 is 14.8 Å². The molecule has 3 aromatic rings. The lowest BCUT2D eigenvalue weighted by atomic mass is 10.1. The van der Waals surface area contributed by atoms with Crippen molar-refractivity contribution in [2.45, 2.75) is 20.4 Å². The second-order valence-electron chi connectivity index (χ2n) is 6.25. The van der Waals surface area contributed by atoms with Gasteiger partial charge in [-0.2, -0.15) is 5.10 Å². The van der Waals surface area contributed by atoms with Gasteiger partial charge in [0, 0.05) is 29.4 Å². The summed E-state index contributed by atoms with van der Waals surface area (Å²) >= 11 is 0. The molecule has 0 aliphatic heterocycles. The molecule has 0 aliphatic rings. The van der Waals surface area contributed by atoms with Crippen molar-refractivity contribution in [1.29, 1.82) is 0 Å². The maximum absolute atomic E-state index is 12.5. The minimum atomic E-state index is -0.146. The minimum Gasteiger partial charge on any atom is -0.497 e. The molecule has 1 aromatic heterocycles. The molecule has 1 heterocycles. The predicted molar refractivity (Wildman–Crippen MR) is 104 cm³/mol. The number of methoxy groups -OCH3 is 2. The highest BCUT2D eigenvalue weighted by molar-refractivity contribution is 5.94. The maximum Gasteiger partial charge on any atom is 0.251 e. The first-order valence-corrected chi connectivity index (χ1v) is 8.64. The van der Waals surface area contributed by atoms with Crippen LogP contribution in [0.4, 0.5) is 0 Å². The summed E-state index contributed by atoms with van der Waals surface area (Å²) in [5.74, 6) is 1.24. The lowest BCUT2D eigenvalue weighted by Crippen LogP contribution is -2.23. The molecule has 0 bridgehead atoms. The first-order valence-electron chi connectivity index (χ1n) is 8.64. The summed E-state index contributed by atoms with van der Waals surface area (Å²) in [6, 6.07) is 14.9. The Morgan fingerprint density at radius 1 is 1.04 bits per heavy atom. The van der Waals surface area contributed by atoms with Crippen LogP contribution in [0, 0.1) is 13.8 Å². The van der Waals surface area contributed by atoms with Crippen LogP contribution in [0.3, 0.4) is 0 Å². The van der Waals surface area contributed by atoms with E-state index in [-0.39, 0.29) is 5.91 Å². The predicted octanol–water partition coefficient (Wildman–Crippen LogP) is 3.44. The molecule has 0 unspecified atom stereocenters. The third-order valence-electron chi connectivity index (χ3n) is 4.32. The molecule has 0 fully saturated rings. The summed E-state index contributed by atoms with van der Waals surface area (Å²) in [6.07, 6.45) is 0. The van der Waals surface area contributed by atoms with Crippen LogP contribution in [-0.2, 0) is 6.54 Å². The van der Waals surface area contributed by atoms with Crippen molar-refractivity contribution in [1.82, 2.24) is 15.1 Å². The third kappa shape index (κ3) is 4.11. The molecule has 6 nitrogen and oxygen atoms in total. The van der Waals surface area contributed by atoms with Crippen LogP contribution >= 0.6 is 0 Å². The highest BCUT2D eigenvalue weighted by Gasteiger charge is 2.10. The summed E-state index contributed by atoms with van der Waals surface area (Å²) in [6.45, 7) is 4.33. The van der Waals surface area contributed by atoms with Gasteiger partial charge in [-0.1, -0.05) is 0 Å². The first-order chi connectivity index (χ1) is 13.0. The Balaban J connectivity index is 1.69. The van der Waals surface area contributed by atoms with Crippen molar-refractivity contribution in [3.63, 3.8) is 0 Å². The fourth-order valence-electron chi connectivity index (χ4n) is 2.92. The van der Waals surface area contributed by atoms with Gasteiger partial charge >= 0.3 is 0 Å². The molecule has 0 spiro atoms. The van der Waals surface area contributed by atoms with E-state index in [1.54, 1.807) is 32.4 Å². The third-order valence-corrected chi connectivity index (χ3v) is 4.32. The summed E-state index contributed by atoms with van der Waals surface area (Å²) < 4.78 is 12.4. The molecule has 0 saturated carbocycles. The number of amides is 1. The van der Waals surface area contributed by atoms with Gasteiger partial charge in [0.1, 0.15) is 11.5 Å². The van der Waals surface area contributed by atoms with E-state index in [1.165, 1.54) is 0 Å². The molecule has 0 atom stereocenters. The largest absolute Gasteiger partial charge is 0.497 e. The molecule has 1 amide bonds. The Labute approximate surface area is 158 Å². The first kappa shape index (κ1) is 18.5. The average molecular weight is 365 g/mol. The van der Waals surface area contributed by atoms with Crippen LogP contribution in [0.1, 0.15) is 27.3 Å². The quantitative estimate of drug-likeness (QED) is 0.727. The number of nitrogens with zero attached hydrogens (tertiary/aromatic N) is 2. The maximum atomic E-state index is 12.5. The Kier molecular flexibility index (Phi) is 5.45. The van der Waals surface area contributed by atoms with E-state index >= 15 is 0 Å². The van der Waals surface area contributed by atoms with Crippen molar-refractivity contribution < 1.29 is 14.3 Å². The molecule has 2 aromatic carbocycles.